The average molecular weight is 249 g/mol. The summed E-state index contributed by atoms with van der Waals surface area (Å²) in [6.45, 7) is 0.702. The van der Waals surface area contributed by atoms with E-state index in [4.69, 9.17) is 0 Å². The maximum atomic E-state index is 9.20. The standard InChI is InChI=1S/C7H8INO/c8-9-5-6-3-1-2-4-7(6)10/h1-4,9-10H,5H2. The summed E-state index contributed by atoms with van der Waals surface area (Å²) in [6.07, 6.45) is 0. The molecule has 10 heavy (non-hydrogen) atoms. The molecule has 0 saturated heterocycles. The highest BCUT2D eigenvalue weighted by atomic mass is 127. The molecule has 0 fully saturated rings. The van der Waals surface area contributed by atoms with Crippen molar-refractivity contribution in [3.8, 4) is 5.75 Å². The fraction of sp³-hybridized carbons (Fsp3) is 0.143. The predicted molar refractivity (Wildman–Crippen MR) is 49.0 cm³/mol. The Morgan fingerprint density at radius 1 is 1.40 bits per heavy atom. The van der Waals surface area contributed by atoms with Crippen LogP contribution in [0, 0.1) is 0 Å². The molecule has 0 unspecified atom stereocenters. The summed E-state index contributed by atoms with van der Waals surface area (Å²) in [5.74, 6) is 0.353. The Bertz CT molecular complexity index is 215. The summed E-state index contributed by atoms with van der Waals surface area (Å²) in [4.78, 5) is 0. The first-order valence-corrected chi connectivity index (χ1v) is 4.03. The van der Waals surface area contributed by atoms with Crippen LogP contribution in [-0.4, -0.2) is 5.11 Å². The van der Waals surface area contributed by atoms with Crippen LogP contribution in [0.2, 0.25) is 0 Å². The molecule has 1 aromatic carbocycles. The van der Waals surface area contributed by atoms with Gasteiger partial charge in [0.05, 0.1) is 0 Å². The molecule has 0 saturated carbocycles. The Hall–Kier alpha value is -0.290. The van der Waals surface area contributed by atoms with E-state index < -0.39 is 0 Å². The molecule has 0 spiro atoms. The molecule has 54 valence electrons. The third-order valence-electron chi connectivity index (χ3n) is 1.25. The molecule has 2 N–H and O–H groups in total. The number of phenolic OH excluding ortho intramolecular Hbond substituents is 1. The quantitative estimate of drug-likeness (QED) is 0.619. The number of halogens is 1. The van der Waals surface area contributed by atoms with E-state index in [2.05, 4.69) is 3.53 Å². The number of para-hydroxylation sites is 1. The Kier molecular flexibility index (Phi) is 2.95. The Morgan fingerprint density at radius 3 is 2.70 bits per heavy atom. The summed E-state index contributed by atoms with van der Waals surface area (Å²) in [5.41, 5.74) is 0.928. The number of hydrogen-bond donors (Lipinski definition) is 2. The van der Waals surface area contributed by atoms with Gasteiger partial charge in [0.25, 0.3) is 0 Å². The van der Waals surface area contributed by atoms with Crippen molar-refractivity contribution in [3.05, 3.63) is 29.8 Å². The summed E-state index contributed by atoms with van der Waals surface area (Å²) in [7, 11) is 0. The molecule has 0 aliphatic carbocycles. The fourth-order valence-electron chi connectivity index (χ4n) is 0.732. The first-order valence-electron chi connectivity index (χ1n) is 2.95. The van der Waals surface area contributed by atoms with Crippen molar-refractivity contribution in [1.82, 2.24) is 3.53 Å². The number of nitrogens with one attached hydrogen (secondary N) is 1. The maximum absolute atomic E-state index is 9.20. The molecule has 0 amide bonds. The van der Waals surface area contributed by atoms with Crippen LogP contribution in [0.4, 0.5) is 0 Å². The van der Waals surface area contributed by atoms with Gasteiger partial charge in [-0.25, -0.2) is 0 Å². The lowest BCUT2D eigenvalue weighted by molar-refractivity contribution is 0.468. The third-order valence-corrected chi connectivity index (χ3v) is 1.63. The molecular formula is C7H8INO. The zero-order valence-electron chi connectivity index (χ0n) is 5.34. The van der Waals surface area contributed by atoms with Gasteiger partial charge < -0.3 is 5.11 Å². The number of aromatic hydroxyl groups is 1. The van der Waals surface area contributed by atoms with Crippen molar-refractivity contribution in [2.75, 3.05) is 0 Å². The summed E-state index contributed by atoms with van der Waals surface area (Å²) in [6, 6.07) is 7.29. The second-order valence-electron chi connectivity index (χ2n) is 1.94. The molecule has 1 aromatic rings. The van der Waals surface area contributed by atoms with Gasteiger partial charge in [-0.15, -0.1) is 0 Å². The summed E-state index contributed by atoms with van der Waals surface area (Å²) >= 11 is 2.05. The van der Waals surface area contributed by atoms with Gasteiger partial charge in [-0.1, -0.05) is 18.2 Å². The van der Waals surface area contributed by atoms with E-state index in [9.17, 15) is 5.11 Å². The molecule has 0 aromatic heterocycles. The highest BCUT2D eigenvalue weighted by molar-refractivity contribution is 14.1. The topological polar surface area (TPSA) is 32.3 Å². The molecular weight excluding hydrogens is 241 g/mol. The van der Waals surface area contributed by atoms with Gasteiger partial charge in [-0.2, -0.15) is 0 Å². The maximum Gasteiger partial charge on any atom is 0.120 e. The second-order valence-corrected chi connectivity index (χ2v) is 2.70. The van der Waals surface area contributed by atoms with Gasteiger partial charge in [-0.05, 0) is 6.07 Å². The summed E-state index contributed by atoms with van der Waals surface area (Å²) < 4.78 is 2.93. The average Bonchev–Trinajstić information content (AvgIpc) is 1.94. The van der Waals surface area contributed by atoms with Crippen molar-refractivity contribution in [3.63, 3.8) is 0 Å². The van der Waals surface area contributed by atoms with Gasteiger partial charge in [0.15, 0.2) is 0 Å². The van der Waals surface area contributed by atoms with E-state index in [0.29, 0.717) is 12.3 Å². The van der Waals surface area contributed by atoms with Gasteiger partial charge in [0.2, 0.25) is 0 Å². The minimum Gasteiger partial charge on any atom is -0.508 e. The van der Waals surface area contributed by atoms with Gasteiger partial charge in [-0.3, -0.25) is 3.53 Å². The van der Waals surface area contributed by atoms with Crippen molar-refractivity contribution in [1.29, 1.82) is 0 Å². The van der Waals surface area contributed by atoms with E-state index in [1.165, 1.54) is 0 Å². The number of hydrogen-bond acceptors (Lipinski definition) is 2. The van der Waals surface area contributed by atoms with Gasteiger partial charge in [0.1, 0.15) is 5.75 Å². The molecule has 0 radical (unpaired) electrons. The van der Waals surface area contributed by atoms with E-state index in [-0.39, 0.29) is 0 Å². The molecule has 0 atom stereocenters. The van der Waals surface area contributed by atoms with Gasteiger partial charge in [0, 0.05) is 35.0 Å². The molecule has 0 aliphatic rings. The van der Waals surface area contributed by atoms with E-state index in [1.807, 2.05) is 41.1 Å². The van der Waals surface area contributed by atoms with Crippen molar-refractivity contribution >= 4 is 22.9 Å². The number of benzene rings is 1. The minimum absolute atomic E-state index is 0.353. The van der Waals surface area contributed by atoms with E-state index >= 15 is 0 Å². The number of rotatable bonds is 2. The van der Waals surface area contributed by atoms with Crippen LogP contribution >= 0.6 is 22.9 Å². The molecule has 0 heterocycles. The van der Waals surface area contributed by atoms with Crippen molar-refractivity contribution in [2.45, 2.75) is 6.54 Å². The van der Waals surface area contributed by atoms with Crippen molar-refractivity contribution < 1.29 is 5.11 Å². The first kappa shape index (κ1) is 7.81. The lowest BCUT2D eigenvalue weighted by Crippen LogP contribution is -1.96. The zero-order chi connectivity index (χ0) is 7.40. The Labute approximate surface area is 73.8 Å². The number of phenols is 1. The molecule has 1 rings (SSSR count). The van der Waals surface area contributed by atoms with Crippen LogP contribution in [0.25, 0.3) is 0 Å². The van der Waals surface area contributed by atoms with Crippen LogP contribution in [0.3, 0.4) is 0 Å². The van der Waals surface area contributed by atoms with E-state index in [1.54, 1.807) is 6.07 Å². The largest absolute Gasteiger partial charge is 0.508 e. The van der Waals surface area contributed by atoms with Crippen LogP contribution in [0.5, 0.6) is 5.75 Å². The van der Waals surface area contributed by atoms with Crippen LogP contribution in [0.1, 0.15) is 5.56 Å². The normalized spacial score (nSPS) is 9.70. The monoisotopic (exact) mass is 249 g/mol. The lowest BCUT2D eigenvalue weighted by atomic mass is 10.2. The molecule has 2 nitrogen and oxygen atoms in total. The van der Waals surface area contributed by atoms with Crippen LogP contribution < -0.4 is 3.53 Å². The highest BCUT2D eigenvalue weighted by Crippen LogP contribution is 2.14. The smallest absolute Gasteiger partial charge is 0.120 e. The summed E-state index contributed by atoms with van der Waals surface area (Å²) in [5, 5.41) is 9.20. The van der Waals surface area contributed by atoms with Crippen LogP contribution in [-0.2, 0) is 6.54 Å². The van der Waals surface area contributed by atoms with Crippen molar-refractivity contribution in [2.24, 2.45) is 0 Å². The lowest BCUT2D eigenvalue weighted by Gasteiger charge is -1.99. The van der Waals surface area contributed by atoms with E-state index in [0.717, 1.165) is 5.56 Å². The van der Waals surface area contributed by atoms with Gasteiger partial charge >= 0.3 is 0 Å². The predicted octanol–water partition coefficient (Wildman–Crippen LogP) is 1.83. The van der Waals surface area contributed by atoms with Crippen LogP contribution in [0.15, 0.2) is 24.3 Å². The zero-order valence-corrected chi connectivity index (χ0v) is 7.50. The Morgan fingerprint density at radius 2 is 2.10 bits per heavy atom. The first-order chi connectivity index (χ1) is 4.84. The third kappa shape index (κ3) is 1.85. The minimum atomic E-state index is 0.353. The molecule has 0 aliphatic heterocycles. The second kappa shape index (κ2) is 3.78. The highest BCUT2D eigenvalue weighted by Gasteiger charge is 1.95. The Balaban J connectivity index is 2.81. The molecule has 3 heteroatoms. The molecule has 0 bridgehead atoms. The SMILES string of the molecule is Oc1ccccc1CNI. The fourth-order valence-corrected chi connectivity index (χ4v) is 1.14.